The smallest absolute Gasteiger partial charge is 0.188 e. The van der Waals surface area contributed by atoms with Crippen LogP contribution in [0, 0.1) is 11.8 Å². The van der Waals surface area contributed by atoms with Crippen LogP contribution in [-0.2, 0) is 0 Å². The molecule has 3 N–H and O–H groups in total. The summed E-state index contributed by atoms with van der Waals surface area (Å²) >= 11 is 0. The molecule has 2 aliphatic carbocycles. The van der Waals surface area contributed by atoms with E-state index in [2.05, 4.69) is 10.3 Å². The Morgan fingerprint density at radius 3 is 2.82 bits per heavy atom. The van der Waals surface area contributed by atoms with E-state index in [1.54, 1.807) is 7.05 Å². The summed E-state index contributed by atoms with van der Waals surface area (Å²) in [5, 5.41) is 3.20. The second-order valence-corrected chi connectivity index (χ2v) is 3.60. The van der Waals surface area contributed by atoms with Gasteiger partial charge in [0.25, 0.3) is 0 Å². The highest BCUT2D eigenvalue weighted by atomic mass is 15.1. The second-order valence-electron chi connectivity index (χ2n) is 3.60. The molecular formula is C8H15N3. The van der Waals surface area contributed by atoms with Gasteiger partial charge in [0.2, 0.25) is 0 Å². The number of nitrogens with two attached hydrogens (primary N) is 1. The molecule has 2 fully saturated rings. The lowest BCUT2D eigenvalue weighted by Gasteiger charge is -2.01. The fourth-order valence-electron chi connectivity index (χ4n) is 1.68. The lowest BCUT2D eigenvalue weighted by Crippen LogP contribution is -2.34. The van der Waals surface area contributed by atoms with Gasteiger partial charge in [0.15, 0.2) is 5.96 Å². The molecule has 11 heavy (non-hydrogen) atoms. The molecule has 0 bridgehead atoms. The van der Waals surface area contributed by atoms with Crippen molar-refractivity contribution in [2.75, 3.05) is 7.05 Å². The second kappa shape index (κ2) is 2.40. The first kappa shape index (κ1) is 6.95. The van der Waals surface area contributed by atoms with Gasteiger partial charge in [-0.25, -0.2) is 0 Å². The van der Waals surface area contributed by atoms with E-state index in [1.807, 2.05) is 0 Å². The van der Waals surface area contributed by atoms with Gasteiger partial charge in [-0.15, -0.1) is 0 Å². The maximum absolute atomic E-state index is 5.54. The molecule has 0 spiro atoms. The largest absolute Gasteiger partial charge is 0.370 e. The van der Waals surface area contributed by atoms with Crippen LogP contribution in [0.15, 0.2) is 4.99 Å². The number of hydrogen-bond donors (Lipinski definition) is 2. The lowest BCUT2D eigenvalue weighted by molar-refractivity contribution is 0.660. The molecule has 0 aromatic carbocycles. The summed E-state index contributed by atoms with van der Waals surface area (Å²) in [6.07, 6.45) is 4.18. The Labute approximate surface area is 67.1 Å². The summed E-state index contributed by atoms with van der Waals surface area (Å²) in [4.78, 5) is 3.87. The predicted octanol–water partition coefficient (Wildman–Crippen LogP) is 0.319. The first-order valence-corrected chi connectivity index (χ1v) is 4.30. The van der Waals surface area contributed by atoms with Crippen molar-refractivity contribution >= 4 is 5.96 Å². The minimum Gasteiger partial charge on any atom is -0.370 e. The molecule has 0 unspecified atom stereocenters. The molecule has 0 aromatic rings. The van der Waals surface area contributed by atoms with E-state index < -0.39 is 0 Å². The van der Waals surface area contributed by atoms with E-state index in [-0.39, 0.29) is 0 Å². The van der Waals surface area contributed by atoms with Crippen molar-refractivity contribution in [2.24, 2.45) is 22.6 Å². The molecule has 62 valence electrons. The third-order valence-corrected chi connectivity index (χ3v) is 2.64. The Hall–Kier alpha value is -0.730. The number of aliphatic imine (C=N–C) groups is 1. The molecule has 3 nitrogen and oxygen atoms in total. The Balaban J connectivity index is 1.74. The normalized spacial score (nSPS) is 37.0. The fourth-order valence-corrected chi connectivity index (χ4v) is 1.68. The lowest BCUT2D eigenvalue weighted by atomic mass is 10.3. The first-order chi connectivity index (χ1) is 5.31. The number of nitrogens with zero attached hydrogens (tertiary/aromatic N) is 1. The first-order valence-electron chi connectivity index (χ1n) is 4.30. The molecule has 2 saturated carbocycles. The summed E-state index contributed by atoms with van der Waals surface area (Å²) in [6, 6.07) is 0.645. The highest BCUT2D eigenvalue weighted by Crippen LogP contribution is 2.49. The van der Waals surface area contributed by atoms with Crippen LogP contribution in [0.2, 0.25) is 0 Å². The van der Waals surface area contributed by atoms with Crippen molar-refractivity contribution < 1.29 is 0 Å². The summed E-state index contributed by atoms with van der Waals surface area (Å²) in [7, 11) is 1.72. The van der Waals surface area contributed by atoms with Gasteiger partial charge in [0.1, 0.15) is 0 Å². The zero-order chi connectivity index (χ0) is 7.84. The van der Waals surface area contributed by atoms with Crippen LogP contribution in [0.25, 0.3) is 0 Å². The van der Waals surface area contributed by atoms with E-state index in [1.165, 1.54) is 19.3 Å². The molecule has 0 aliphatic heterocycles. The summed E-state index contributed by atoms with van der Waals surface area (Å²) < 4.78 is 0. The number of rotatable bonds is 2. The van der Waals surface area contributed by atoms with E-state index in [4.69, 9.17) is 5.73 Å². The number of nitrogens with one attached hydrogen (secondary N) is 1. The van der Waals surface area contributed by atoms with Crippen molar-refractivity contribution in [3.05, 3.63) is 0 Å². The van der Waals surface area contributed by atoms with Gasteiger partial charge in [-0.2, -0.15) is 0 Å². The van der Waals surface area contributed by atoms with Gasteiger partial charge < -0.3 is 11.1 Å². The molecule has 2 aliphatic rings. The van der Waals surface area contributed by atoms with Crippen molar-refractivity contribution in [1.82, 2.24) is 5.32 Å². The van der Waals surface area contributed by atoms with Gasteiger partial charge in [0.05, 0.1) is 0 Å². The quantitative estimate of drug-likeness (QED) is 0.443. The molecule has 0 heterocycles. The molecule has 2 rings (SSSR count). The Morgan fingerprint density at radius 2 is 2.27 bits per heavy atom. The topological polar surface area (TPSA) is 50.4 Å². The Bertz CT molecular complexity index is 184. The number of hydrogen-bond acceptors (Lipinski definition) is 1. The minimum absolute atomic E-state index is 0.596. The summed E-state index contributed by atoms with van der Waals surface area (Å²) in [5.74, 6) is 2.52. The average molecular weight is 153 g/mol. The van der Waals surface area contributed by atoms with E-state index in [9.17, 15) is 0 Å². The van der Waals surface area contributed by atoms with Gasteiger partial charge in [-0.05, 0) is 31.1 Å². The molecule has 2 atom stereocenters. The fraction of sp³-hybridized carbons (Fsp3) is 0.875. The van der Waals surface area contributed by atoms with Crippen molar-refractivity contribution in [1.29, 1.82) is 0 Å². The van der Waals surface area contributed by atoms with Crippen LogP contribution >= 0.6 is 0 Å². The van der Waals surface area contributed by atoms with Gasteiger partial charge in [-0.3, -0.25) is 4.99 Å². The third-order valence-electron chi connectivity index (χ3n) is 2.64. The SMILES string of the molecule is CN=C(N)N[C@@H]1C[C@H]1C1CC1. The zero-order valence-electron chi connectivity index (χ0n) is 6.88. The standard InChI is InChI=1S/C8H15N3/c1-10-8(9)11-7-4-6(7)5-2-3-5/h5-7H,2-4H2,1H3,(H3,9,10,11)/t6-,7+/m0/s1. The minimum atomic E-state index is 0.596. The maximum atomic E-state index is 5.54. The molecule has 3 heteroatoms. The zero-order valence-corrected chi connectivity index (χ0v) is 6.88. The van der Waals surface area contributed by atoms with Crippen LogP contribution < -0.4 is 11.1 Å². The third kappa shape index (κ3) is 1.47. The van der Waals surface area contributed by atoms with Crippen LogP contribution in [0.5, 0.6) is 0 Å². The average Bonchev–Trinajstić information content (AvgIpc) is 2.79. The van der Waals surface area contributed by atoms with Gasteiger partial charge in [-0.1, -0.05) is 0 Å². The van der Waals surface area contributed by atoms with Crippen LogP contribution in [-0.4, -0.2) is 19.0 Å². The van der Waals surface area contributed by atoms with E-state index in [0.29, 0.717) is 12.0 Å². The van der Waals surface area contributed by atoms with Crippen molar-refractivity contribution in [3.63, 3.8) is 0 Å². The predicted molar refractivity (Wildman–Crippen MR) is 45.3 cm³/mol. The Morgan fingerprint density at radius 1 is 1.55 bits per heavy atom. The molecule has 0 saturated heterocycles. The van der Waals surface area contributed by atoms with Crippen LogP contribution in [0.1, 0.15) is 19.3 Å². The van der Waals surface area contributed by atoms with Crippen molar-refractivity contribution in [2.45, 2.75) is 25.3 Å². The van der Waals surface area contributed by atoms with Gasteiger partial charge >= 0.3 is 0 Å². The molecule has 0 aromatic heterocycles. The molecule has 0 radical (unpaired) electrons. The molecule has 0 amide bonds. The Kier molecular flexibility index (Phi) is 1.51. The number of guanidine groups is 1. The monoisotopic (exact) mass is 153 g/mol. The van der Waals surface area contributed by atoms with E-state index >= 15 is 0 Å². The highest BCUT2D eigenvalue weighted by Gasteiger charge is 2.47. The summed E-state index contributed by atoms with van der Waals surface area (Å²) in [5.41, 5.74) is 5.54. The van der Waals surface area contributed by atoms with Gasteiger partial charge in [0, 0.05) is 13.1 Å². The van der Waals surface area contributed by atoms with Crippen LogP contribution in [0.3, 0.4) is 0 Å². The maximum Gasteiger partial charge on any atom is 0.188 e. The summed E-state index contributed by atoms with van der Waals surface area (Å²) in [6.45, 7) is 0. The van der Waals surface area contributed by atoms with Crippen molar-refractivity contribution in [3.8, 4) is 0 Å². The highest BCUT2D eigenvalue weighted by molar-refractivity contribution is 5.78. The molecular weight excluding hydrogens is 138 g/mol. The van der Waals surface area contributed by atoms with Crippen LogP contribution in [0.4, 0.5) is 0 Å². The van der Waals surface area contributed by atoms with E-state index in [0.717, 1.165) is 11.8 Å².